The molecule has 0 aliphatic rings. The molecule has 2 aromatic heterocycles. The van der Waals surface area contributed by atoms with Crippen molar-refractivity contribution in [2.24, 2.45) is 0 Å². The van der Waals surface area contributed by atoms with Crippen molar-refractivity contribution >= 4 is 21.6 Å². The van der Waals surface area contributed by atoms with E-state index in [9.17, 15) is 4.79 Å². The van der Waals surface area contributed by atoms with Gasteiger partial charge in [0.05, 0.1) is 5.39 Å². The van der Waals surface area contributed by atoms with Gasteiger partial charge in [-0.25, -0.2) is 4.98 Å². The van der Waals surface area contributed by atoms with E-state index >= 15 is 0 Å². The summed E-state index contributed by atoms with van der Waals surface area (Å²) in [5.41, 5.74) is 4.74. The Morgan fingerprint density at radius 1 is 1.11 bits per heavy atom. The van der Waals surface area contributed by atoms with Crippen LogP contribution in [0.3, 0.4) is 0 Å². The number of benzene rings is 1. The van der Waals surface area contributed by atoms with Gasteiger partial charge in [-0.1, -0.05) is 39.0 Å². The molecule has 0 unspecified atom stereocenters. The maximum absolute atomic E-state index is 13.5. The Kier molecular flexibility index (Phi) is 6.68. The normalized spacial score (nSPS) is 11.6. The van der Waals surface area contributed by atoms with Gasteiger partial charge in [-0.15, -0.1) is 11.3 Å². The van der Waals surface area contributed by atoms with Crippen LogP contribution in [-0.4, -0.2) is 34.1 Å². The third-order valence-electron chi connectivity index (χ3n) is 5.60. The molecule has 28 heavy (non-hydrogen) atoms. The molecule has 0 amide bonds. The molecule has 150 valence electrons. The number of fused-ring (bicyclic) bond motifs is 1. The van der Waals surface area contributed by atoms with E-state index in [1.165, 1.54) is 11.1 Å². The molecule has 1 aromatic carbocycles. The molecule has 0 saturated carbocycles. The highest BCUT2D eigenvalue weighted by Gasteiger charge is 2.17. The van der Waals surface area contributed by atoms with Crippen LogP contribution in [0.25, 0.3) is 21.3 Å². The van der Waals surface area contributed by atoms with Crippen LogP contribution < -0.4 is 5.56 Å². The van der Waals surface area contributed by atoms with E-state index < -0.39 is 0 Å². The first kappa shape index (κ1) is 20.7. The molecule has 4 nitrogen and oxygen atoms in total. The van der Waals surface area contributed by atoms with Crippen molar-refractivity contribution in [2.75, 3.05) is 19.6 Å². The highest BCUT2D eigenvalue weighted by molar-refractivity contribution is 7.17. The molecular weight excluding hydrogens is 366 g/mol. The Hall–Kier alpha value is -1.98. The van der Waals surface area contributed by atoms with Crippen molar-refractivity contribution in [3.8, 4) is 11.1 Å². The van der Waals surface area contributed by atoms with Crippen LogP contribution in [-0.2, 0) is 13.0 Å². The summed E-state index contributed by atoms with van der Waals surface area (Å²) in [6, 6.07) is 6.42. The van der Waals surface area contributed by atoms with Gasteiger partial charge in [0, 0.05) is 30.5 Å². The second kappa shape index (κ2) is 9.01. The largest absolute Gasteiger partial charge is 0.302 e. The SMILES string of the molecule is CCCc1nc2scc(-c3ccc(C)c(C)c3)c2c(=O)n1CCN(CC)CC. The average Bonchev–Trinajstić information content (AvgIpc) is 3.11. The molecular formula is C23H31N3OS. The molecule has 0 bridgehead atoms. The van der Waals surface area contributed by atoms with Gasteiger partial charge in [-0.3, -0.25) is 9.36 Å². The van der Waals surface area contributed by atoms with Crippen molar-refractivity contribution in [3.05, 3.63) is 50.9 Å². The summed E-state index contributed by atoms with van der Waals surface area (Å²) in [5, 5.41) is 2.86. The first-order valence-electron chi connectivity index (χ1n) is 10.3. The summed E-state index contributed by atoms with van der Waals surface area (Å²) in [6.45, 7) is 14.3. The zero-order valence-corrected chi connectivity index (χ0v) is 18.5. The summed E-state index contributed by atoms with van der Waals surface area (Å²) in [7, 11) is 0. The number of likely N-dealkylation sites (N-methyl/N-ethyl adjacent to an activating group) is 1. The summed E-state index contributed by atoms with van der Waals surface area (Å²) in [6.07, 6.45) is 1.82. The lowest BCUT2D eigenvalue weighted by molar-refractivity contribution is 0.287. The van der Waals surface area contributed by atoms with Gasteiger partial charge in [0.25, 0.3) is 5.56 Å². The van der Waals surface area contributed by atoms with Crippen molar-refractivity contribution in [3.63, 3.8) is 0 Å². The van der Waals surface area contributed by atoms with Gasteiger partial charge in [-0.05, 0) is 50.0 Å². The van der Waals surface area contributed by atoms with E-state index in [0.717, 1.165) is 59.6 Å². The number of thiophene rings is 1. The van der Waals surface area contributed by atoms with Gasteiger partial charge in [0.1, 0.15) is 10.7 Å². The molecule has 0 N–H and O–H groups in total. The fourth-order valence-electron chi connectivity index (χ4n) is 3.61. The van der Waals surface area contributed by atoms with Crippen LogP contribution in [0.2, 0.25) is 0 Å². The number of nitrogens with zero attached hydrogens (tertiary/aromatic N) is 3. The van der Waals surface area contributed by atoms with Crippen LogP contribution in [0.4, 0.5) is 0 Å². The van der Waals surface area contributed by atoms with Gasteiger partial charge < -0.3 is 4.90 Å². The van der Waals surface area contributed by atoms with E-state index in [0.29, 0.717) is 6.54 Å². The van der Waals surface area contributed by atoms with Gasteiger partial charge in [0.15, 0.2) is 0 Å². The van der Waals surface area contributed by atoms with Crippen LogP contribution in [0, 0.1) is 13.8 Å². The number of hydrogen-bond donors (Lipinski definition) is 0. The van der Waals surface area contributed by atoms with Crippen LogP contribution in [0.5, 0.6) is 0 Å². The molecule has 3 rings (SSSR count). The van der Waals surface area contributed by atoms with Gasteiger partial charge in [-0.2, -0.15) is 0 Å². The minimum atomic E-state index is 0.107. The molecule has 3 aromatic rings. The quantitative estimate of drug-likeness (QED) is 0.535. The third kappa shape index (κ3) is 4.06. The van der Waals surface area contributed by atoms with E-state index in [-0.39, 0.29) is 5.56 Å². The Balaban J connectivity index is 2.13. The second-order valence-electron chi connectivity index (χ2n) is 7.39. The summed E-state index contributed by atoms with van der Waals surface area (Å²) in [5.74, 6) is 0.917. The maximum Gasteiger partial charge on any atom is 0.262 e. The monoisotopic (exact) mass is 397 g/mol. The molecule has 5 heteroatoms. The lowest BCUT2D eigenvalue weighted by Gasteiger charge is -2.20. The average molecular weight is 398 g/mol. The summed E-state index contributed by atoms with van der Waals surface area (Å²) < 4.78 is 1.92. The summed E-state index contributed by atoms with van der Waals surface area (Å²) >= 11 is 1.58. The predicted molar refractivity (Wildman–Crippen MR) is 121 cm³/mol. The lowest BCUT2D eigenvalue weighted by atomic mass is 10.0. The molecule has 0 aliphatic heterocycles. The zero-order valence-electron chi connectivity index (χ0n) is 17.7. The fourth-order valence-corrected chi connectivity index (χ4v) is 4.57. The number of hydrogen-bond acceptors (Lipinski definition) is 4. The van der Waals surface area contributed by atoms with Crippen LogP contribution in [0.15, 0.2) is 28.4 Å². The van der Waals surface area contributed by atoms with E-state index in [1.54, 1.807) is 11.3 Å². The number of rotatable bonds is 8. The molecule has 0 aliphatic carbocycles. The third-order valence-corrected chi connectivity index (χ3v) is 6.47. The van der Waals surface area contributed by atoms with E-state index in [2.05, 4.69) is 63.1 Å². The highest BCUT2D eigenvalue weighted by atomic mass is 32.1. The Morgan fingerprint density at radius 3 is 2.50 bits per heavy atom. The standard InChI is InChI=1S/C23H31N3OS/c1-6-9-20-24-22-21(23(27)26(20)13-12-25(7-2)8-3)19(15-28-22)18-11-10-16(4)17(5)14-18/h10-11,14-15H,6-9,12-13H2,1-5H3. The van der Waals surface area contributed by atoms with Gasteiger partial charge in [0.2, 0.25) is 0 Å². The van der Waals surface area contributed by atoms with Crippen molar-refractivity contribution in [1.82, 2.24) is 14.5 Å². The Morgan fingerprint density at radius 2 is 1.86 bits per heavy atom. The van der Waals surface area contributed by atoms with Gasteiger partial charge >= 0.3 is 0 Å². The van der Waals surface area contributed by atoms with Crippen LogP contribution >= 0.6 is 11.3 Å². The predicted octanol–water partition coefficient (Wildman–Crippen LogP) is 5.04. The Labute approximate surface area is 171 Å². The molecule has 0 atom stereocenters. The van der Waals surface area contributed by atoms with Crippen LogP contribution in [0.1, 0.15) is 44.1 Å². The highest BCUT2D eigenvalue weighted by Crippen LogP contribution is 2.32. The minimum Gasteiger partial charge on any atom is -0.302 e. The molecule has 0 fully saturated rings. The van der Waals surface area contributed by atoms with E-state index in [4.69, 9.17) is 4.98 Å². The second-order valence-corrected chi connectivity index (χ2v) is 8.25. The van der Waals surface area contributed by atoms with Crippen molar-refractivity contribution in [2.45, 2.75) is 54.0 Å². The summed E-state index contributed by atoms with van der Waals surface area (Å²) in [4.78, 5) is 21.6. The number of aryl methyl sites for hydroxylation is 3. The fraction of sp³-hybridized carbons (Fsp3) is 0.478. The Bertz CT molecular complexity index is 1010. The first-order chi connectivity index (χ1) is 13.5. The molecule has 0 radical (unpaired) electrons. The first-order valence-corrected chi connectivity index (χ1v) is 11.2. The molecule has 0 spiro atoms. The maximum atomic E-state index is 13.5. The topological polar surface area (TPSA) is 38.1 Å². The zero-order chi connectivity index (χ0) is 20.3. The van der Waals surface area contributed by atoms with E-state index in [1.807, 2.05) is 4.57 Å². The number of aromatic nitrogens is 2. The lowest BCUT2D eigenvalue weighted by Crippen LogP contribution is -2.33. The van der Waals surface area contributed by atoms with Crippen molar-refractivity contribution < 1.29 is 0 Å². The molecule has 2 heterocycles. The molecule has 0 saturated heterocycles. The minimum absolute atomic E-state index is 0.107. The van der Waals surface area contributed by atoms with Crippen molar-refractivity contribution in [1.29, 1.82) is 0 Å². The smallest absolute Gasteiger partial charge is 0.262 e.